The first-order chi connectivity index (χ1) is 47.6. The maximum absolute atomic E-state index is 6.59. The van der Waals surface area contributed by atoms with Crippen LogP contribution < -0.4 is 50.0 Å². The Hall–Kier alpha value is -11.2. The average Bonchev–Trinajstić information content (AvgIpc) is 1.51. The second-order valence-electron chi connectivity index (χ2n) is 26.9. The molecule has 11 heteroatoms. The van der Waals surface area contributed by atoms with Crippen LogP contribution in [-0.2, 0) is 5.41 Å². The monoisotopic (exact) mass is 1290 g/mol. The Morgan fingerprint density at radius 2 is 0.928 bits per heavy atom. The van der Waals surface area contributed by atoms with E-state index in [0.717, 1.165) is 129 Å². The van der Waals surface area contributed by atoms with E-state index >= 15 is 0 Å². The molecule has 0 saturated heterocycles. The number of fused-ring (bicyclic) bond motifs is 14. The van der Waals surface area contributed by atoms with Crippen LogP contribution in [0.15, 0.2) is 265 Å². The summed E-state index contributed by atoms with van der Waals surface area (Å²) in [5.41, 5.74) is 20.2. The van der Waals surface area contributed by atoms with E-state index in [1.165, 1.54) is 51.4 Å². The van der Waals surface area contributed by atoms with Crippen LogP contribution in [0.1, 0.15) is 26.3 Å². The van der Waals surface area contributed by atoms with Crippen LogP contribution in [0.3, 0.4) is 0 Å². The molecule has 464 valence electrons. The Bertz CT molecular complexity index is 5930. The number of anilines is 9. The maximum atomic E-state index is 6.59. The summed E-state index contributed by atoms with van der Waals surface area (Å²) in [5.74, 6) is 3.72. The van der Waals surface area contributed by atoms with E-state index < -0.39 is 0 Å². The van der Waals surface area contributed by atoms with Crippen LogP contribution in [0.5, 0.6) is 23.0 Å². The molecule has 0 spiro atoms. The summed E-state index contributed by atoms with van der Waals surface area (Å²) in [7, 11) is 0. The molecule has 0 amide bonds. The maximum Gasteiger partial charge on any atom is 0.252 e. The summed E-state index contributed by atoms with van der Waals surface area (Å²) in [5, 5.41) is 8.43. The van der Waals surface area contributed by atoms with Gasteiger partial charge in [0, 0.05) is 103 Å². The molecule has 3 aromatic heterocycles. The summed E-state index contributed by atoms with van der Waals surface area (Å²) in [6.45, 7) is 8.43. The number of thiophene rings is 2. The average molecular weight is 1290 g/mol. The van der Waals surface area contributed by atoms with Crippen molar-refractivity contribution in [2.45, 2.75) is 26.2 Å². The smallest absolute Gasteiger partial charge is 0.252 e. The fourth-order valence-corrected chi connectivity index (χ4v) is 17.7. The highest BCUT2D eigenvalue weighted by Crippen LogP contribution is 2.53. The molecule has 4 aliphatic heterocycles. The van der Waals surface area contributed by atoms with Gasteiger partial charge in [0.1, 0.15) is 37.8 Å². The largest absolute Gasteiger partial charge is 0.486 e. The lowest BCUT2D eigenvalue weighted by molar-refractivity contribution is 0.171. The molecule has 0 N–H and O–H groups in total. The van der Waals surface area contributed by atoms with E-state index in [1.54, 1.807) is 0 Å². The quantitative estimate of drug-likeness (QED) is 0.140. The highest BCUT2D eigenvalue weighted by Gasteiger charge is 2.45. The van der Waals surface area contributed by atoms with E-state index in [1.807, 2.05) is 34.8 Å². The Balaban J connectivity index is 0.858. The van der Waals surface area contributed by atoms with Crippen molar-refractivity contribution in [2.75, 3.05) is 41.1 Å². The standard InChI is InChI=1S/C86H60BN3O5S2/c1-86(2,3)59-25-28-60(29-26-59)88(62-27-21-52-39-58(20-19-53(52)41-62)77-43-57-11-4-7-16-75(57)95-77)64-46-73-85-74(47-64)90(63-30-34-76-78(48-63)92-36-35-91-76)72-50-80-79(93-37-38-94-80)49-70(72)87(85)69-33-24-54(56-23-32-68-66-15-6-9-18-82(66)97-84(68)45-56)42-71(69)89(73)61-13-10-12-51(40-61)55-22-31-67-65-14-5-8-17-81(65)96-83(67)44-55/h4-34,39-50H,35-38H2,1-3H3. The third-order valence-electron chi connectivity index (χ3n) is 20.1. The van der Waals surface area contributed by atoms with Crippen molar-refractivity contribution >= 4 is 159 Å². The zero-order valence-electron chi connectivity index (χ0n) is 53.4. The van der Waals surface area contributed by atoms with Crippen molar-refractivity contribution in [3.05, 3.63) is 266 Å². The van der Waals surface area contributed by atoms with Gasteiger partial charge in [-0.2, -0.15) is 0 Å². The van der Waals surface area contributed by atoms with Gasteiger partial charge in [-0.25, -0.2) is 0 Å². The van der Waals surface area contributed by atoms with Gasteiger partial charge in [-0.3, -0.25) is 0 Å². The predicted octanol–water partition coefficient (Wildman–Crippen LogP) is 21.7. The van der Waals surface area contributed by atoms with Gasteiger partial charge in [-0.15, -0.1) is 22.7 Å². The minimum Gasteiger partial charge on any atom is -0.486 e. The van der Waals surface area contributed by atoms with Gasteiger partial charge in [-0.05, 0) is 176 Å². The SMILES string of the molecule is CC(C)(C)c1ccc(N(c2cc3c4c(c2)N(c2ccc5c(c2)OCCO5)c2cc5c(cc2B4c2ccc(-c4ccc6c(c4)sc4ccccc46)cc2N3c2cccc(-c3ccc4c(c3)sc3ccccc34)c2)OCCO5)c2ccc3cc(-c4cc5ccccc5o4)ccc3c2)cc1. The lowest BCUT2D eigenvalue weighted by Gasteiger charge is -2.45. The zero-order valence-corrected chi connectivity index (χ0v) is 55.1. The highest BCUT2D eigenvalue weighted by atomic mass is 32.1. The van der Waals surface area contributed by atoms with Crippen molar-refractivity contribution < 1.29 is 23.4 Å². The number of furan rings is 1. The fraction of sp³-hybridized carbons (Fsp3) is 0.0930. The Morgan fingerprint density at radius 3 is 1.64 bits per heavy atom. The molecule has 0 fully saturated rings. The van der Waals surface area contributed by atoms with Crippen molar-refractivity contribution in [3.63, 3.8) is 0 Å². The lowest BCUT2D eigenvalue weighted by Crippen LogP contribution is -2.61. The first kappa shape index (κ1) is 56.1. The van der Waals surface area contributed by atoms with Gasteiger partial charge in [0.25, 0.3) is 6.71 Å². The van der Waals surface area contributed by atoms with Crippen molar-refractivity contribution in [1.29, 1.82) is 0 Å². The predicted molar refractivity (Wildman–Crippen MR) is 405 cm³/mol. The molecule has 13 aromatic carbocycles. The van der Waals surface area contributed by atoms with Gasteiger partial charge in [0.05, 0.1) is 11.4 Å². The van der Waals surface area contributed by atoms with E-state index in [-0.39, 0.29) is 12.1 Å². The van der Waals surface area contributed by atoms with E-state index in [2.05, 4.69) is 284 Å². The minimum atomic E-state index is -0.261. The van der Waals surface area contributed by atoms with E-state index in [0.29, 0.717) is 37.9 Å². The summed E-state index contributed by atoms with van der Waals surface area (Å²) < 4.78 is 37.4. The Labute approximate surface area is 569 Å². The number of rotatable bonds is 8. The molecular weight excluding hydrogens is 1230 g/mol. The van der Waals surface area contributed by atoms with Crippen molar-refractivity contribution in [2.24, 2.45) is 0 Å². The normalized spacial score (nSPS) is 13.8. The second kappa shape index (κ2) is 21.6. The molecule has 0 saturated carbocycles. The summed E-state index contributed by atoms with van der Waals surface area (Å²) in [4.78, 5) is 7.44. The molecule has 16 aromatic rings. The van der Waals surface area contributed by atoms with Crippen molar-refractivity contribution in [3.8, 4) is 56.6 Å². The number of benzene rings is 13. The first-order valence-electron chi connectivity index (χ1n) is 33.3. The van der Waals surface area contributed by atoms with E-state index in [4.69, 9.17) is 23.4 Å². The second-order valence-corrected chi connectivity index (χ2v) is 29.0. The van der Waals surface area contributed by atoms with Crippen LogP contribution in [-0.4, -0.2) is 33.1 Å². The lowest BCUT2D eigenvalue weighted by atomic mass is 9.33. The van der Waals surface area contributed by atoms with Crippen molar-refractivity contribution in [1.82, 2.24) is 0 Å². The minimum absolute atomic E-state index is 0.0745. The Morgan fingerprint density at radius 1 is 0.361 bits per heavy atom. The number of para-hydroxylation sites is 1. The number of hydrogen-bond donors (Lipinski definition) is 0. The molecule has 0 unspecified atom stereocenters. The summed E-state index contributed by atoms with van der Waals surface area (Å²) >= 11 is 3.71. The molecule has 0 aliphatic carbocycles. The highest BCUT2D eigenvalue weighted by molar-refractivity contribution is 7.26. The van der Waals surface area contributed by atoms with E-state index in [9.17, 15) is 0 Å². The third kappa shape index (κ3) is 9.16. The molecule has 97 heavy (non-hydrogen) atoms. The number of nitrogens with zero attached hydrogens (tertiary/aromatic N) is 3. The molecule has 8 nitrogen and oxygen atoms in total. The Kier molecular flexibility index (Phi) is 12.5. The van der Waals surface area contributed by atoms with Crippen LogP contribution in [0.25, 0.3) is 95.7 Å². The van der Waals surface area contributed by atoms with Gasteiger partial charge >= 0.3 is 0 Å². The summed E-state index contributed by atoms with van der Waals surface area (Å²) in [6, 6.07) is 96.7. The molecule has 0 bridgehead atoms. The topological polar surface area (TPSA) is 59.8 Å². The van der Waals surface area contributed by atoms with Gasteiger partial charge < -0.3 is 38.1 Å². The van der Waals surface area contributed by atoms with Crippen LogP contribution in [0.2, 0.25) is 0 Å². The zero-order chi connectivity index (χ0) is 64.2. The van der Waals surface area contributed by atoms with Gasteiger partial charge in [-0.1, -0.05) is 154 Å². The van der Waals surface area contributed by atoms with Crippen LogP contribution in [0, 0.1) is 0 Å². The number of ether oxygens (including phenoxy) is 4. The van der Waals surface area contributed by atoms with Crippen LogP contribution in [0.4, 0.5) is 51.2 Å². The molecule has 4 aliphatic rings. The fourth-order valence-electron chi connectivity index (χ4n) is 15.4. The summed E-state index contributed by atoms with van der Waals surface area (Å²) in [6.07, 6.45) is 0. The van der Waals surface area contributed by atoms with Crippen LogP contribution >= 0.6 is 22.7 Å². The molecule has 20 rings (SSSR count). The molecular formula is C86H60BN3O5S2. The molecule has 7 heterocycles. The van der Waals surface area contributed by atoms with Gasteiger partial charge in [0.15, 0.2) is 23.0 Å². The number of hydrogen-bond acceptors (Lipinski definition) is 10. The first-order valence-corrected chi connectivity index (χ1v) is 34.9. The molecule has 0 radical (unpaired) electrons. The molecule has 0 atom stereocenters. The third-order valence-corrected chi connectivity index (χ3v) is 22.3. The van der Waals surface area contributed by atoms with Gasteiger partial charge in [0.2, 0.25) is 0 Å².